The number of anilines is 1. The molecule has 2 atom stereocenters. The van der Waals surface area contributed by atoms with Gasteiger partial charge in [-0.2, -0.15) is 0 Å². The van der Waals surface area contributed by atoms with E-state index in [1.807, 2.05) is 4.90 Å². The fourth-order valence-electron chi connectivity index (χ4n) is 2.61. The summed E-state index contributed by atoms with van der Waals surface area (Å²) in [6.07, 6.45) is 0. The summed E-state index contributed by atoms with van der Waals surface area (Å²) in [7, 11) is 1.79. The number of ether oxygens (including phenoxy) is 1. The summed E-state index contributed by atoms with van der Waals surface area (Å²) >= 11 is 0. The number of aliphatic carboxylic acids is 1. The first-order chi connectivity index (χ1) is 9.84. The lowest BCUT2D eigenvalue weighted by atomic mass is 9.90. The molecule has 112 valence electrons. The van der Waals surface area contributed by atoms with Crippen LogP contribution in [-0.4, -0.2) is 42.5 Å². The molecule has 0 bridgehead atoms. The fourth-order valence-corrected chi connectivity index (χ4v) is 2.61. The molecule has 2 unspecified atom stereocenters. The van der Waals surface area contributed by atoms with E-state index in [-0.39, 0.29) is 11.8 Å². The van der Waals surface area contributed by atoms with Crippen molar-refractivity contribution in [2.45, 2.75) is 18.9 Å². The van der Waals surface area contributed by atoms with Crippen LogP contribution in [0, 0.1) is 0 Å². The van der Waals surface area contributed by atoms with Crippen LogP contribution in [0.15, 0.2) is 18.2 Å². The van der Waals surface area contributed by atoms with E-state index >= 15 is 0 Å². The number of primary amides is 1. The average Bonchev–Trinajstić information content (AvgIpc) is 2.68. The van der Waals surface area contributed by atoms with Crippen molar-refractivity contribution in [1.82, 2.24) is 0 Å². The maximum absolute atomic E-state index is 12.1. The number of amides is 1. The molecule has 0 saturated heterocycles. The Morgan fingerprint density at radius 3 is 2.62 bits per heavy atom. The standard InChI is InChI=1S/C14H16N2O5/c1-7-11(13(19)14(15)20)12-8(16(7)2)4-3-5-9(12)21-6-10(17)18/h3-5,7,11H,6H2,1-2H3,(H2,15,20)(H,17,18). The van der Waals surface area contributed by atoms with Gasteiger partial charge in [-0.3, -0.25) is 9.59 Å². The highest BCUT2D eigenvalue weighted by Gasteiger charge is 2.42. The predicted octanol–water partition coefficient (Wildman–Crippen LogP) is 0.126. The highest BCUT2D eigenvalue weighted by molar-refractivity contribution is 6.38. The van der Waals surface area contributed by atoms with Crippen molar-refractivity contribution >= 4 is 23.3 Å². The molecule has 7 heteroatoms. The van der Waals surface area contributed by atoms with Crippen molar-refractivity contribution in [3.63, 3.8) is 0 Å². The van der Waals surface area contributed by atoms with Gasteiger partial charge in [-0.05, 0) is 19.1 Å². The number of carboxylic acids is 1. The molecule has 1 heterocycles. The molecular weight excluding hydrogens is 276 g/mol. The number of hydrogen-bond acceptors (Lipinski definition) is 5. The van der Waals surface area contributed by atoms with Crippen molar-refractivity contribution in [3.8, 4) is 5.75 Å². The van der Waals surface area contributed by atoms with Crippen LogP contribution in [0.5, 0.6) is 5.75 Å². The summed E-state index contributed by atoms with van der Waals surface area (Å²) in [6.45, 7) is 1.28. The van der Waals surface area contributed by atoms with Crippen molar-refractivity contribution in [2.24, 2.45) is 5.73 Å². The topological polar surface area (TPSA) is 110 Å². The molecule has 0 aliphatic carbocycles. The minimum atomic E-state index is -1.12. The Bertz CT molecular complexity index is 613. The van der Waals surface area contributed by atoms with Crippen LogP contribution >= 0.6 is 0 Å². The number of likely N-dealkylation sites (N-methyl/N-ethyl adjacent to an activating group) is 1. The van der Waals surface area contributed by atoms with E-state index in [0.29, 0.717) is 5.56 Å². The Balaban J connectivity index is 2.48. The highest BCUT2D eigenvalue weighted by Crippen LogP contribution is 2.45. The maximum atomic E-state index is 12.1. The van der Waals surface area contributed by atoms with Crippen LogP contribution in [0.2, 0.25) is 0 Å². The summed E-state index contributed by atoms with van der Waals surface area (Å²) in [5.41, 5.74) is 6.35. The van der Waals surface area contributed by atoms with Gasteiger partial charge in [0.15, 0.2) is 6.61 Å². The summed E-state index contributed by atoms with van der Waals surface area (Å²) < 4.78 is 5.24. The Morgan fingerprint density at radius 1 is 1.38 bits per heavy atom. The number of rotatable bonds is 5. The minimum absolute atomic E-state index is 0.269. The molecule has 0 saturated carbocycles. The molecule has 7 nitrogen and oxygen atoms in total. The van der Waals surface area contributed by atoms with Crippen molar-refractivity contribution in [1.29, 1.82) is 0 Å². The molecule has 0 fully saturated rings. The van der Waals surface area contributed by atoms with Gasteiger partial charge in [0.25, 0.3) is 5.91 Å². The number of carbonyl (C=O) groups is 3. The van der Waals surface area contributed by atoms with Gasteiger partial charge in [-0.1, -0.05) is 6.07 Å². The van der Waals surface area contributed by atoms with E-state index in [2.05, 4.69) is 0 Å². The van der Waals surface area contributed by atoms with Crippen LogP contribution in [0.25, 0.3) is 0 Å². The van der Waals surface area contributed by atoms with Gasteiger partial charge in [0.1, 0.15) is 5.75 Å². The zero-order chi connectivity index (χ0) is 15.7. The number of carboxylic acid groups (broad SMARTS) is 1. The molecule has 1 aromatic rings. The zero-order valence-corrected chi connectivity index (χ0v) is 11.7. The predicted molar refractivity (Wildman–Crippen MR) is 74.4 cm³/mol. The lowest BCUT2D eigenvalue weighted by Crippen LogP contribution is -2.37. The molecule has 2 rings (SSSR count). The molecule has 21 heavy (non-hydrogen) atoms. The van der Waals surface area contributed by atoms with Crippen LogP contribution in [0.3, 0.4) is 0 Å². The lowest BCUT2D eigenvalue weighted by Gasteiger charge is -2.21. The van der Waals surface area contributed by atoms with Crippen molar-refractivity contribution < 1.29 is 24.2 Å². The number of nitrogens with two attached hydrogens (primary N) is 1. The monoisotopic (exact) mass is 292 g/mol. The molecule has 1 aliphatic heterocycles. The summed E-state index contributed by atoms with van der Waals surface area (Å²) in [5.74, 6) is -3.32. The SMILES string of the molecule is CC1C(C(=O)C(N)=O)c2c(OCC(=O)O)cccc2N1C. The Morgan fingerprint density at radius 2 is 2.05 bits per heavy atom. The van der Waals surface area contributed by atoms with E-state index in [1.165, 1.54) is 0 Å². The van der Waals surface area contributed by atoms with E-state index < -0.39 is 30.2 Å². The number of benzene rings is 1. The maximum Gasteiger partial charge on any atom is 0.341 e. The van der Waals surface area contributed by atoms with Gasteiger partial charge in [0, 0.05) is 24.3 Å². The zero-order valence-electron chi connectivity index (χ0n) is 11.7. The fraction of sp³-hybridized carbons (Fsp3) is 0.357. The summed E-state index contributed by atoms with van der Waals surface area (Å²) in [4.78, 5) is 35.8. The molecule has 0 aromatic heterocycles. The lowest BCUT2D eigenvalue weighted by molar-refractivity contribution is -0.139. The molecule has 1 aromatic carbocycles. The first-order valence-corrected chi connectivity index (χ1v) is 6.38. The average molecular weight is 292 g/mol. The third-order valence-electron chi connectivity index (χ3n) is 3.70. The third kappa shape index (κ3) is 2.54. The number of hydrogen-bond donors (Lipinski definition) is 2. The summed E-state index contributed by atoms with van der Waals surface area (Å²) in [6, 6.07) is 4.80. The molecule has 1 aliphatic rings. The normalized spacial score (nSPS) is 20.0. The molecule has 3 N–H and O–H groups in total. The van der Waals surface area contributed by atoms with Gasteiger partial charge >= 0.3 is 5.97 Å². The second-order valence-electron chi connectivity index (χ2n) is 4.93. The largest absolute Gasteiger partial charge is 0.482 e. The van der Waals surface area contributed by atoms with E-state index in [4.69, 9.17) is 15.6 Å². The second-order valence-corrected chi connectivity index (χ2v) is 4.93. The van der Waals surface area contributed by atoms with Crippen molar-refractivity contribution in [3.05, 3.63) is 23.8 Å². The molecular formula is C14H16N2O5. The number of Topliss-reactive ketones (excluding diaryl/α,β-unsaturated/α-hetero) is 1. The van der Waals surface area contributed by atoms with Crippen molar-refractivity contribution in [2.75, 3.05) is 18.6 Å². The Hall–Kier alpha value is -2.57. The van der Waals surface area contributed by atoms with E-state index in [0.717, 1.165) is 5.69 Å². The Kier molecular flexibility index (Phi) is 3.84. The Labute approximate surface area is 121 Å². The summed E-state index contributed by atoms with van der Waals surface area (Å²) in [5, 5.41) is 8.71. The smallest absolute Gasteiger partial charge is 0.341 e. The van der Waals surface area contributed by atoms with Crippen LogP contribution in [0.1, 0.15) is 18.4 Å². The van der Waals surface area contributed by atoms with E-state index in [1.54, 1.807) is 32.2 Å². The van der Waals surface area contributed by atoms with Gasteiger partial charge in [-0.25, -0.2) is 4.79 Å². The number of carbonyl (C=O) groups excluding carboxylic acids is 2. The first-order valence-electron chi connectivity index (χ1n) is 6.38. The quantitative estimate of drug-likeness (QED) is 0.746. The van der Waals surface area contributed by atoms with Gasteiger partial charge in [-0.15, -0.1) is 0 Å². The molecule has 0 radical (unpaired) electrons. The number of ketones is 1. The van der Waals surface area contributed by atoms with Gasteiger partial charge in [0.2, 0.25) is 5.78 Å². The van der Waals surface area contributed by atoms with Crippen LogP contribution < -0.4 is 15.4 Å². The van der Waals surface area contributed by atoms with Gasteiger partial charge in [0.05, 0.1) is 5.92 Å². The van der Waals surface area contributed by atoms with Crippen LogP contribution in [0.4, 0.5) is 5.69 Å². The number of fused-ring (bicyclic) bond motifs is 1. The molecule has 0 spiro atoms. The van der Waals surface area contributed by atoms with Crippen LogP contribution in [-0.2, 0) is 14.4 Å². The first kappa shape index (κ1) is 14.8. The molecule has 1 amide bonds. The highest BCUT2D eigenvalue weighted by atomic mass is 16.5. The number of nitrogens with zero attached hydrogens (tertiary/aromatic N) is 1. The van der Waals surface area contributed by atoms with Gasteiger partial charge < -0.3 is 20.5 Å². The second kappa shape index (κ2) is 5.43. The third-order valence-corrected chi connectivity index (χ3v) is 3.70. The van der Waals surface area contributed by atoms with E-state index in [9.17, 15) is 14.4 Å². The minimum Gasteiger partial charge on any atom is -0.482 e.